The number of carbonyl (C=O) groups is 1. The maximum atomic E-state index is 12.5. The summed E-state index contributed by atoms with van der Waals surface area (Å²) in [4.78, 5) is 11.3. The lowest BCUT2D eigenvalue weighted by molar-refractivity contribution is -0.137. The molecule has 0 aliphatic heterocycles. The molecule has 20 heavy (non-hydrogen) atoms. The van der Waals surface area contributed by atoms with Crippen molar-refractivity contribution in [1.82, 2.24) is 9.78 Å². The van der Waals surface area contributed by atoms with Crippen molar-refractivity contribution in [3.63, 3.8) is 0 Å². The van der Waals surface area contributed by atoms with Gasteiger partial charge in [-0.2, -0.15) is 18.3 Å². The summed E-state index contributed by atoms with van der Waals surface area (Å²) in [7, 11) is 0. The summed E-state index contributed by atoms with van der Waals surface area (Å²) in [6.45, 7) is 3.78. The van der Waals surface area contributed by atoms with Crippen molar-refractivity contribution < 1.29 is 18.0 Å². The third-order valence-electron chi connectivity index (χ3n) is 2.95. The van der Waals surface area contributed by atoms with Gasteiger partial charge >= 0.3 is 6.18 Å². The average molecular weight is 282 g/mol. The standard InChI is InChI=1S/C14H13F3N2O/c1-3-19-13(8-12(18-19)9(2)20)10-4-6-11(7-5-10)14(15,16)17/h4-8H,3H2,1-2H3. The lowest BCUT2D eigenvalue weighted by Gasteiger charge is -2.08. The van der Waals surface area contributed by atoms with Crippen molar-refractivity contribution in [2.24, 2.45) is 0 Å². The Bertz CT molecular complexity index is 627. The number of hydrogen-bond acceptors (Lipinski definition) is 2. The highest BCUT2D eigenvalue weighted by atomic mass is 19.4. The fraction of sp³-hybridized carbons (Fsp3) is 0.286. The van der Waals surface area contributed by atoms with Crippen molar-refractivity contribution in [2.75, 3.05) is 0 Å². The van der Waals surface area contributed by atoms with Gasteiger partial charge < -0.3 is 0 Å². The van der Waals surface area contributed by atoms with Crippen LogP contribution >= 0.6 is 0 Å². The second-order valence-corrected chi connectivity index (χ2v) is 4.36. The van der Waals surface area contributed by atoms with Crippen molar-refractivity contribution in [3.05, 3.63) is 41.6 Å². The van der Waals surface area contributed by atoms with Crippen molar-refractivity contribution >= 4 is 5.78 Å². The van der Waals surface area contributed by atoms with Gasteiger partial charge in [0, 0.05) is 13.5 Å². The summed E-state index contributed by atoms with van der Waals surface area (Å²) in [5.41, 5.74) is 0.837. The molecule has 2 aromatic rings. The Morgan fingerprint density at radius 3 is 2.30 bits per heavy atom. The van der Waals surface area contributed by atoms with Gasteiger partial charge in [-0.1, -0.05) is 12.1 Å². The highest BCUT2D eigenvalue weighted by Crippen LogP contribution is 2.31. The fourth-order valence-corrected chi connectivity index (χ4v) is 1.89. The van der Waals surface area contributed by atoms with Crippen LogP contribution in [0.15, 0.2) is 30.3 Å². The molecule has 1 aromatic carbocycles. The lowest BCUT2D eigenvalue weighted by atomic mass is 10.1. The molecular formula is C14H13F3N2O. The van der Waals surface area contributed by atoms with E-state index in [2.05, 4.69) is 5.10 Å². The van der Waals surface area contributed by atoms with E-state index in [4.69, 9.17) is 0 Å². The van der Waals surface area contributed by atoms with E-state index in [1.54, 1.807) is 10.7 Å². The summed E-state index contributed by atoms with van der Waals surface area (Å²) in [5.74, 6) is -0.176. The molecule has 0 saturated carbocycles. The van der Waals surface area contributed by atoms with Crippen LogP contribution in [0, 0.1) is 0 Å². The monoisotopic (exact) mass is 282 g/mol. The van der Waals surface area contributed by atoms with Gasteiger partial charge in [0.25, 0.3) is 0 Å². The van der Waals surface area contributed by atoms with E-state index in [1.165, 1.54) is 19.1 Å². The SMILES string of the molecule is CCn1nc(C(C)=O)cc1-c1ccc(C(F)(F)F)cc1. The van der Waals surface area contributed by atoms with Gasteiger partial charge in [0.15, 0.2) is 5.78 Å². The minimum atomic E-state index is -4.35. The maximum absolute atomic E-state index is 12.5. The molecule has 1 heterocycles. The van der Waals surface area contributed by atoms with E-state index >= 15 is 0 Å². The molecule has 0 unspecified atom stereocenters. The summed E-state index contributed by atoms with van der Waals surface area (Å²) in [5, 5.41) is 4.12. The van der Waals surface area contributed by atoms with E-state index in [9.17, 15) is 18.0 Å². The number of aromatic nitrogens is 2. The number of ketones is 1. The zero-order valence-corrected chi connectivity index (χ0v) is 11.0. The molecule has 0 saturated heterocycles. The number of rotatable bonds is 3. The Hall–Kier alpha value is -2.11. The number of halogens is 3. The van der Waals surface area contributed by atoms with Crippen molar-refractivity contribution in [3.8, 4) is 11.3 Å². The highest BCUT2D eigenvalue weighted by Gasteiger charge is 2.30. The van der Waals surface area contributed by atoms with E-state index in [1.807, 2.05) is 6.92 Å². The van der Waals surface area contributed by atoms with Crippen LogP contribution in [0.2, 0.25) is 0 Å². The number of nitrogens with zero attached hydrogens (tertiary/aromatic N) is 2. The molecule has 0 amide bonds. The summed E-state index contributed by atoms with van der Waals surface area (Å²) >= 11 is 0. The molecule has 106 valence electrons. The molecule has 0 atom stereocenters. The topological polar surface area (TPSA) is 34.9 Å². The smallest absolute Gasteiger partial charge is 0.293 e. The molecule has 0 N–H and O–H groups in total. The molecule has 0 aliphatic carbocycles. The first-order valence-corrected chi connectivity index (χ1v) is 6.09. The number of aryl methyl sites for hydroxylation is 1. The number of hydrogen-bond donors (Lipinski definition) is 0. The van der Waals surface area contributed by atoms with E-state index in [0.717, 1.165) is 12.1 Å². The van der Waals surface area contributed by atoms with E-state index < -0.39 is 11.7 Å². The molecule has 0 spiro atoms. The van der Waals surface area contributed by atoms with E-state index in [-0.39, 0.29) is 5.78 Å². The van der Waals surface area contributed by atoms with Crippen molar-refractivity contribution in [2.45, 2.75) is 26.6 Å². The number of benzene rings is 1. The maximum Gasteiger partial charge on any atom is 0.416 e. The van der Waals surface area contributed by atoms with E-state index in [0.29, 0.717) is 23.5 Å². The Morgan fingerprint density at radius 1 is 1.25 bits per heavy atom. The molecule has 1 aromatic heterocycles. The van der Waals surface area contributed by atoms with Crippen LogP contribution < -0.4 is 0 Å². The van der Waals surface area contributed by atoms with Crippen LogP contribution in [0.3, 0.4) is 0 Å². The normalized spacial score (nSPS) is 11.7. The molecular weight excluding hydrogens is 269 g/mol. The van der Waals surface area contributed by atoms with Crippen LogP contribution in [-0.4, -0.2) is 15.6 Å². The lowest BCUT2D eigenvalue weighted by Crippen LogP contribution is -2.04. The van der Waals surface area contributed by atoms with Crippen molar-refractivity contribution in [1.29, 1.82) is 0 Å². The number of carbonyl (C=O) groups excluding carboxylic acids is 1. The predicted octanol–water partition coefficient (Wildman–Crippen LogP) is 3.79. The minimum absolute atomic E-state index is 0.176. The van der Waals surface area contributed by atoms with Crippen LogP contribution in [-0.2, 0) is 12.7 Å². The Morgan fingerprint density at radius 2 is 1.85 bits per heavy atom. The largest absolute Gasteiger partial charge is 0.416 e. The van der Waals surface area contributed by atoms with Gasteiger partial charge in [0.2, 0.25) is 0 Å². The quantitative estimate of drug-likeness (QED) is 0.803. The van der Waals surface area contributed by atoms with Gasteiger partial charge in [-0.15, -0.1) is 0 Å². The highest BCUT2D eigenvalue weighted by molar-refractivity contribution is 5.93. The molecule has 0 radical (unpaired) electrons. The minimum Gasteiger partial charge on any atom is -0.293 e. The van der Waals surface area contributed by atoms with Gasteiger partial charge in [0.05, 0.1) is 11.3 Å². The third kappa shape index (κ3) is 2.74. The third-order valence-corrected chi connectivity index (χ3v) is 2.95. The van der Waals surface area contributed by atoms with Gasteiger partial charge in [-0.05, 0) is 30.7 Å². The van der Waals surface area contributed by atoms with Gasteiger partial charge in [-0.25, -0.2) is 0 Å². The van der Waals surface area contributed by atoms with Gasteiger partial charge in [0.1, 0.15) is 5.69 Å². The first kappa shape index (κ1) is 14.3. The summed E-state index contributed by atoms with van der Waals surface area (Å²) in [6.07, 6.45) is -4.35. The first-order valence-electron chi connectivity index (χ1n) is 6.09. The fourth-order valence-electron chi connectivity index (χ4n) is 1.89. The predicted molar refractivity (Wildman–Crippen MR) is 68.3 cm³/mol. The summed E-state index contributed by atoms with van der Waals surface area (Å²) in [6, 6.07) is 6.41. The molecule has 2 rings (SSSR count). The Balaban J connectivity index is 2.43. The number of alkyl halides is 3. The van der Waals surface area contributed by atoms with Gasteiger partial charge in [-0.3, -0.25) is 9.48 Å². The number of Topliss-reactive ketones (excluding diaryl/α,β-unsaturated/α-hetero) is 1. The summed E-state index contributed by atoms with van der Waals surface area (Å²) < 4.78 is 39.1. The second kappa shape index (κ2) is 5.11. The zero-order chi connectivity index (χ0) is 14.9. The first-order chi connectivity index (χ1) is 9.32. The molecule has 0 bridgehead atoms. The zero-order valence-electron chi connectivity index (χ0n) is 11.0. The van der Waals surface area contributed by atoms with Crippen LogP contribution in [0.4, 0.5) is 13.2 Å². The Labute approximate surface area is 114 Å². The van der Waals surface area contributed by atoms with Crippen LogP contribution in [0.5, 0.6) is 0 Å². The van der Waals surface area contributed by atoms with Crippen LogP contribution in [0.1, 0.15) is 29.9 Å². The van der Waals surface area contributed by atoms with Crippen LogP contribution in [0.25, 0.3) is 11.3 Å². The average Bonchev–Trinajstić information content (AvgIpc) is 2.82. The molecule has 6 heteroatoms. The molecule has 0 fully saturated rings. The molecule has 3 nitrogen and oxygen atoms in total. The molecule has 0 aliphatic rings. The Kier molecular flexibility index (Phi) is 3.65. The second-order valence-electron chi connectivity index (χ2n) is 4.36.